The number of rotatable bonds is 3. The lowest BCUT2D eigenvalue weighted by Crippen LogP contribution is -2.25. The van der Waals surface area contributed by atoms with E-state index in [4.69, 9.17) is 0 Å². The predicted octanol–water partition coefficient (Wildman–Crippen LogP) is 3.10. The van der Waals surface area contributed by atoms with E-state index in [0.717, 1.165) is 0 Å². The minimum Gasteiger partial charge on any atom is -0.156 e. The summed E-state index contributed by atoms with van der Waals surface area (Å²) in [5.74, 6) is 2.60. The van der Waals surface area contributed by atoms with E-state index in [1.54, 1.807) is 0 Å². The Morgan fingerprint density at radius 1 is 1.55 bits per heavy atom. The van der Waals surface area contributed by atoms with Gasteiger partial charge in [-0.2, -0.15) is 11.8 Å². The highest BCUT2D eigenvalue weighted by molar-refractivity contribution is 8.22. The smallest absolute Gasteiger partial charge is 0.0736 e. The summed E-state index contributed by atoms with van der Waals surface area (Å²) in [7, 11) is 0. The SMILES string of the molecule is C=CC(SC)C1(C)SCCS1. The van der Waals surface area contributed by atoms with Gasteiger partial charge in [0.1, 0.15) is 0 Å². The molecule has 0 nitrogen and oxygen atoms in total. The van der Waals surface area contributed by atoms with E-state index < -0.39 is 0 Å². The van der Waals surface area contributed by atoms with Gasteiger partial charge in [0.15, 0.2) is 0 Å². The number of thioether (sulfide) groups is 3. The average molecular weight is 206 g/mol. The maximum Gasteiger partial charge on any atom is 0.0736 e. The first kappa shape index (κ1) is 9.87. The van der Waals surface area contributed by atoms with E-state index in [2.05, 4.69) is 49.4 Å². The molecule has 1 unspecified atom stereocenters. The molecular weight excluding hydrogens is 192 g/mol. The fraction of sp³-hybridized carbons (Fsp3) is 0.750. The van der Waals surface area contributed by atoms with E-state index >= 15 is 0 Å². The zero-order valence-electron chi connectivity index (χ0n) is 7.00. The molecule has 1 fully saturated rings. The molecule has 1 atom stereocenters. The standard InChI is InChI=1S/C8H14S3/c1-4-7(9-3)8(2)10-5-6-11-8/h4,7H,1,5-6H2,2-3H3. The lowest BCUT2D eigenvalue weighted by atomic mass is 10.3. The Bertz CT molecular complexity index is 138. The van der Waals surface area contributed by atoms with Crippen molar-refractivity contribution in [1.29, 1.82) is 0 Å². The van der Waals surface area contributed by atoms with Crippen LogP contribution in [-0.2, 0) is 0 Å². The van der Waals surface area contributed by atoms with Gasteiger partial charge < -0.3 is 0 Å². The van der Waals surface area contributed by atoms with Crippen LogP contribution in [0.25, 0.3) is 0 Å². The largest absolute Gasteiger partial charge is 0.156 e. The minimum absolute atomic E-state index is 0.390. The van der Waals surface area contributed by atoms with Crippen molar-refractivity contribution in [2.24, 2.45) is 0 Å². The Labute approximate surface area is 82.0 Å². The average Bonchev–Trinajstić information content (AvgIpc) is 2.39. The quantitative estimate of drug-likeness (QED) is 0.651. The summed E-state index contributed by atoms with van der Waals surface area (Å²) in [6.07, 6.45) is 4.24. The van der Waals surface area contributed by atoms with Gasteiger partial charge in [0, 0.05) is 16.8 Å². The molecule has 1 rings (SSSR count). The van der Waals surface area contributed by atoms with E-state index in [9.17, 15) is 0 Å². The first-order valence-corrected chi connectivity index (χ1v) is 6.92. The maximum absolute atomic E-state index is 3.87. The van der Waals surface area contributed by atoms with Gasteiger partial charge in [-0.3, -0.25) is 0 Å². The molecule has 0 aliphatic carbocycles. The van der Waals surface area contributed by atoms with Gasteiger partial charge in [-0.1, -0.05) is 6.08 Å². The Balaban J connectivity index is 2.60. The van der Waals surface area contributed by atoms with Gasteiger partial charge >= 0.3 is 0 Å². The van der Waals surface area contributed by atoms with Crippen molar-refractivity contribution in [3.05, 3.63) is 12.7 Å². The molecule has 0 saturated carbocycles. The lowest BCUT2D eigenvalue weighted by molar-refractivity contribution is 0.943. The van der Waals surface area contributed by atoms with Crippen LogP contribution >= 0.6 is 35.3 Å². The zero-order chi connectivity index (χ0) is 8.32. The Morgan fingerprint density at radius 2 is 2.09 bits per heavy atom. The van der Waals surface area contributed by atoms with Crippen molar-refractivity contribution in [2.75, 3.05) is 17.8 Å². The zero-order valence-corrected chi connectivity index (χ0v) is 9.45. The van der Waals surface area contributed by atoms with Crippen LogP contribution in [0.5, 0.6) is 0 Å². The van der Waals surface area contributed by atoms with Crippen LogP contribution in [-0.4, -0.2) is 27.1 Å². The Kier molecular flexibility index (Phi) is 3.72. The van der Waals surface area contributed by atoms with Crippen LogP contribution in [0.2, 0.25) is 0 Å². The fourth-order valence-corrected chi connectivity index (χ4v) is 5.66. The monoisotopic (exact) mass is 206 g/mol. The molecule has 0 aromatic heterocycles. The van der Waals surface area contributed by atoms with Crippen LogP contribution in [0.3, 0.4) is 0 Å². The van der Waals surface area contributed by atoms with Gasteiger partial charge in [0.25, 0.3) is 0 Å². The van der Waals surface area contributed by atoms with E-state index in [1.807, 2.05) is 11.8 Å². The van der Waals surface area contributed by atoms with Crippen molar-refractivity contribution in [2.45, 2.75) is 16.3 Å². The molecular formula is C8H14S3. The third kappa shape index (κ3) is 2.13. The van der Waals surface area contributed by atoms with E-state index in [-0.39, 0.29) is 0 Å². The second kappa shape index (κ2) is 4.15. The number of hydrogen-bond acceptors (Lipinski definition) is 3. The topological polar surface area (TPSA) is 0 Å². The molecule has 1 heterocycles. The van der Waals surface area contributed by atoms with Crippen molar-refractivity contribution in [3.63, 3.8) is 0 Å². The molecule has 0 amide bonds. The van der Waals surface area contributed by atoms with Crippen LogP contribution < -0.4 is 0 Å². The molecule has 0 bridgehead atoms. The first-order chi connectivity index (χ1) is 5.23. The first-order valence-electron chi connectivity index (χ1n) is 3.66. The van der Waals surface area contributed by atoms with E-state index in [0.29, 0.717) is 9.33 Å². The minimum atomic E-state index is 0.390. The highest BCUT2D eigenvalue weighted by Gasteiger charge is 2.36. The molecule has 0 spiro atoms. The van der Waals surface area contributed by atoms with Crippen LogP contribution in [0.4, 0.5) is 0 Å². The molecule has 0 N–H and O–H groups in total. The van der Waals surface area contributed by atoms with Crippen molar-refractivity contribution in [1.82, 2.24) is 0 Å². The fourth-order valence-electron chi connectivity index (χ4n) is 1.22. The molecule has 1 aliphatic heterocycles. The highest BCUT2D eigenvalue weighted by atomic mass is 32.2. The van der Waals surface area contributed by atoms with Gasteiger partial charge in [-0.15, -0.1) is 30.1 Å². The Morgan fingerprint density at radius 3 is 2.45 bits per heavy atom. The molecule has 3 heteroatoms. The van der Waals surface area contributed by atoms with Crippen LogP contribution in [0.15, 0.2) is 12.7 Å². The summed E-state index contributed by atoms with van der Waals surface area (Å²) in [6, 6.07) is 0. The summed E-state index contributed by atoms with van der Waals surface area (Å²) in [6.45, 7) is 6.21. The normalized spacial score (nSPS) is 24.9. The molecule has 11 heavy (non-hydrogen) atoms. The second-order valence-electron chi connectivity index (χ2n) is 2.60. The summed E-state index contributed by atoms with van der Waals surface area (Å²) >= 11 is 6.05. The molecule has 0 radical (unpaired) electrons. The van der Waals surface area contributed by atoms with Crippen molar-refractivity contribution < 1.29 is 0 Å². The van der Waals surface area contributed by atoms with Crippen molar-refractivity contribution in [3.8, 4) is 0 Å². The maximum atomic E-state index is 3.87. The summed E-state index contributed by atoms with van der Waals surface area (Å²) in [5, 5.41) is 0.597. The lowest BCUT2D eigenvalue weighted by Gasteiger charge is -2.28. The summed E-state index contributed by atoms with van der Waals surface area (Å²) in [4.78, 5) is 0. The molecule has 0 aromatic rings. The highest BCUT2D eigenvalue weighted by Crippen LogP contribution is 2.49. The predicted molar refractivity (Wildman–Crippen MR) is 60.8 cm³/mol. The summed E-state index contributed by atoms with van der Waals surface area (Å²) < 4.78 is 0.390. The number of hydrogen-bond donors (Lipinski definition) is 0. The van der Waals surface area contributed by atoms with Gasteiger partial charge in [-0.25, -0.2) is 0 Å². The van der Waals surface area contributed by atoms with Crippen molar-refractivity contribution >= 4 is 35.3 Å². The van der Waals surface area contributed by atoms with Gasteiger partial charge in [-0.05, 0) is 13.2 Å². The van der Waals surface area contributed by atoms with Gasteiger partial charge in [0.2, 0.25) is 0 Å². The molecule has 0 aromatic carbocycles. The molecule has 1 saturated heterocycles. The summed E-state index contributed by atoms with van der Waals surface area (Å²) in [5.41, 5.74) is 0. The third-order valence-electron chi connectivity index (χ3n) is 1.85. The third-order valence-corrected chi connectivity index (χ3v) is 6.75. The van der Waals surface area contributed by atoms with E-state index in [1.165, 1.54) is 11.5 Å². The van der Waals surface area contributed by atoms with Crippen LogP contribution in [0.1, 0.15) is 6.92 Å². The van der Waals surface area contributed by atoms with Crippen LogP contribution in [0, 0.1) is 0 Å². The Hall–Kier alpha value is 0.790. The van der Waals surface area contributed by atoms with Gasteiger partial charge in [0.05, 0.1) is 4.08 Å². The molecule has 1 aliphatic rings. The second-order valence-corrected chi connectivity index (χ2v) is 6.93. The molecule has 64 valence electrons.